The van der Waals surface area contributed by atoms with Gasteiger partial charge < -0.3 is 14.9 Å². The summed E-state index contributed by atoms with van der Waals surface area (Å²) >= 11 is 0. The molecule has 1 saturated heterocycles. The molecule has 0 saturated carbocycles. The number of carbonyl (C=O) groups excluding carboxylic acids is 1. The number of phenolic OH excluding ortho intramolecular Hbond substituents is 1. The molecule has 0 atom stereocenters. The summed E-state index contributed by atoms with van der Waals surface area (Å²) in [6, 6.07) is 7.95. The Morgan fingerprint density at radius 1 is 1.00 bits per heavy atom. The molecule has 1 aliphatic rings. The quantitative estimate of drug-likeness (QED) is 0.755. The van der Waals surface area contributed by atoms with Crippen LogP contribution in [0, 0.1) is 5.82 Å². The van der Waals surface area contributed by atoms with E-state index in [0.29, 0.717) is 6.07 Å². The number of benzene rings is 2. The van der Waals surface area contributed by atoms with Crippen molar-refractivity contribution in [3.05, 3.63) is 53.8 Å². The Morgan fingerprint density at radius 3 is 2.24 bits per heavy atom. The molecule has 11 heteroatoms. The predicted molar refractivity (Wildman–Crippen MR) is 95.9 cm³/mol. The minimum absolute atomic E-state index is 0.0521. The van der Waals surface area contributed by atoms with Gasteiger partial charge in [0.15, 0.2) is 0 Å². The first kappa shape index (κ1) is 20.9. The Kier molecular flexibility index (Phi) is 5.44. The van der Waals surface area contributed by atoms with E-state index in [1.165, 1.54) is 34.1 Å². The highest BCUT2D eigenvalue weighted by molar-refractivity contribution is 7.92. The standard InChI is InChI=1S/C18H16F4N2O4S/c19-13-4-5-15(16(11-13)29(27,28)18(20,21)22)23-6-8-24(9-7-23)17(26)12-2-1-3-14(25)10-12/h1-5,10-11,25H,6-9H2. The van der Waals surface area contributed by atoms with E-state index in [-0.39, 0.29) is 49.1 Å². The molecule has 3 rings (SSSR count). The molecule has 2 aromatic rings. The number of piperazine rings is 1. The average molecular weight is 432 g/mol. The van der Waals surface area contributed by atoms with Crippen LogP contribution in [0.15, 0.2) is 47.4 Å². The van der Waals surface area contributed by atoms with Crippen molar-refractivity contribution in [1.29, 1.82) is 0 Å². The van der Waals surface area contributed by atoms with Crippen LogP contribution in [0.4, 0.5) is 23.2 Å². The van der Waals surface area contributed by atoms with Crippen molar-refractivity contribution in [2.45, 2.75) is 10.4 Å². The van der Waals surface area contributed by atoms with Crippen molar-refractivity contribution >= 4 is 21.4 Å². The van der Waals surface area contributed by atoms with Crippen molar-refractivity contribution in [1.82, 2.24) is 4.90 Å². The van der Waals surface area contributed by atoms with E-state index in [0.717, 1.165) is 12.1 Å². The van der Waals surface area contributed by atoms with E-state index in [1.54, 1.807) is 0 Å². The Labute approximate surface area is 163 Å². The van der Waals surface area contributed by atoms with Crippen LogP contribution in [0.3, 0.4) is 0 Å². The van der Waals surface area contributed by atoms with E-state index in [4.69, 9.17) is 0 Å². The van der Waals surface area contributed by atoms with Gasteiger partial charge in [-0.15, -0.1) is 0 Å². The summed E-state index contributed by atoms with van der Waals surface area (Å²) in [5.41, 5.74) is -5.59. The van der Waals surface area contributed by atoms with Gasteiger partial charge in [-0.2, -0.15) is 13.2 Å². The van der Waals surface area contributed by atoms with Crippen molar-refractivity contribution in [3.63, 3.8) is 0 Å². The van der Waals surface area contributed by atoms with E-state index in [2.05, 4.69) is 0 Å². The van der Waals surface area contributed by atoms with E-state index < -0.39 is 26.1 Å². The first-order valence-electron chi connectivity index (χ1n) is 8.45. The minimum atomic E-state index is -5.75. The molecular weight excluding hydrogens is 416 g/mol. The molecule has 0 radical (unpaired) electrons. The third kappa shape index (κ3) is 4.14. The summed E-state index contributed by atoms with van der Waals surface area (Å²) in [7, 11) is -5.75. The topological polar surface area (TPSA) is 77.9 Å². The maximum atomic E-state index is 13.5. The fourth-order valence-corrected chi connectivity index (χ4v) is 4.05. The lowest BCUT2D eigenvalue weighted by molar-refractivity contribution is -0.0435. The highest BCUT2D eigenvalue weighted by Crippen LogP contribution is 2.36. The van der Waals surface area contributed by atoms with E-state index >= 15 is 0 Å². The number of amides is 1. The van der Waals surface area contributed by atoms with Crippen molar-refractivity contribution < 1.29 is 35.9 Å². The summed E-state index contributed by atoms with van der Waals surface area (Å²) in [4.78, 5) is 14.1. The Bertz CT molecular complexity index is 1030. The monoisotopic (exact) mass is 432 g/mol. The molecule has 0 aromatic heterocycles. The van der Waals surface area contributed by atoms with Gasteiger partial charge in [0.05, 0.1) is 5.69 Å². The number of aromatic hydroxyl groups is 1. The first-order chi connectivity index (χ1) is 13.5. The largest absolute Gasteiger partial charge is 0.508 e. The molecule has 1 amide bonds. The summed E-state index contributed by atoms with van der Waals surface area (Å²) in [6.45, 7) is 0.321. The molecule has 1 aliphatic heterocycles. The summed E-state index contributed by atoms with van der Waals surface area (Å²) in [6.07, 6.45) is 0. The number of phenols is 1. The summed E-state index contributed by atoms with van der Waals surface area (Å²) in [5, 5.41) is 9.49. The van der Waals surface area contributed by atoms with Gasteiger partial charge in [-0.3, -0.25) is 4.79 Å². The zero-order valence-electron chi connectivity index (χ0n) is 14.9. The number of carbonyl (C=O) groups is 1. The van der Waals surface area contributed by atoms with Crippen LogP contribution in [0.25, 0.3) is 0 Å². The molecule has 156 valence electrons. The molecule has 1 fully saturated rings. The highest BCUT2D eigenvalue weighted by atomic mass is 32.2. The lowest BCUT2D eigenvalue weighted by Gasteiger charge is -2.37. The lowest BCUT2D eigenvalue weighted by Crippen LogP contribution is -2.49. The number of sulfone groups is 1. The molecule has 0 aliphatic carbocycles. The second-order valence-corrected chi connectivity index (χ2v) is 8.30. The number of nitrogens with zero attached hydrogens (tertiary/aromatic N) is 2. The fraction of sp³-hybridized carbons (Fsp3) is 0.278. The van der Waals surface area contributed by atoms with Crippen LogP contribution in [0.1, 0.15) is 10.4 Å². The molecular formula is C18H16F4N2O4S. The average Bonchev–Trinajstić information content (AvgIpc) is 2.66. The minimum Gasteiger partial charge on any atom is -0.508 e. The van der Waals surface area contributed by atoms with Crippen LogP contribution in [0.5, 0.6) is 5.75 Å². The van der Waals surface area contributed by atoms with Gasteiger partial charge in [-0.25, -0.2) is 12.8 Å². The zero-order valence-corrected chi connectivity index (χ0v) is 15.7. The highest BCUT2D eigenvalue weighted by Gasteiger charge is 2.48. The second kappa shape index (κ2) is 7.54. The SMILES string of the molecule is O=C(c1cccc(O)c1)N1CCN(c2ccc(F)cc2S(=O)(=O)C(F)(F)F)CC1. The Morgan fingerprint density at radius 2 is 1.66 bits per heavy atom. The van der Waals surface area contributed by atoms with Gasteiger partial charge in [0.1, 0.15) is 16.5 Å². The Balaban J connectivity index is 1.82. The summed E-state index contributed by atoms with van der Waals surface area (Å²) < 4.78 is 76.2. The number of hydrogen-bond donors (Lipinski definition) is 1. The molecule has 6 nitrogen and oxygen atoms in total. The number of rotatable bonds is 3. The van der Waals surface area contributed by atoms with Crippen molar-refractivity contribution in [3.8, 4) is 5.75 Å². The normalized spacial score (nSPS) is 15.4. The predicted octanol–water partition coefficient (Wildman–Crippen LogP) is 2.79. The third-order valence-electron chi connectivity index (χ3n) is 4.52. The molecule has 0 bridgehead atoms. The Hall–Kier alpha value is -2.82. The van der Waals surface area contributed by atoms with Gasteiger partial charge in [0.2, 0.25) is 0 Å². The van der Waals surface area contributed by atoms with Gasteiger partial charge in [0, 0.05) is 31.7 Å². The number of anilines is 1. The maximum absolute atomic E-state index is 13.5. The maximum Gasteiger partial charge on any atom is 0.501 e. The molecule has 0 spiro atoms. The van der Waals surface area contributed by atoms with Gasteiger partial charge in [-0.1, -0.05) is 6.07 Å². The van der Waals surface area contributed by atoms with Crippen LogP contribution >= 0.6 is 0 Å². The third-order valence-corrected chi connectivity index (χ3v) is 6.03. The van der Waals surface area contributed by atoms with E-state index in [1.807, 2.05) is 0 Å². The van der Waals surface area contributed by atoms with Crippen LogP contribution in [-0.4, -0.2) is 56.0 Å². The number of hydrogen-bond acceptors (Lipinski definition) is 5. The fourth-order valence-electron chi connectivity index (χ4n) is 3.06. The molecule has 1 heterocycles. The summed E-state index contributed by atoms with van der Waals surface area (Å²) in [5.74, 6) is -1.56. The number of alkyl halides is 3. The van der Waals surface area contributed by atoms with Gasteiger partial charge in [0.25, 0.3) is 15.7 Å². The smallest absolute Gasteiger partial charge is 0.501 e. The molecule has 1 N–H and O–H groups in total. The second-order valence-electron chi connectivity index (χ2n) is 6.39. The van der Waals surface area contributed by atoms with Crippen LogP contribution in [0.2, 0.25) is 0 Å². The van der Waals surface area contributed by atoms with Crippen LogP contribution < -0.4 is 4.90 Å². The first-order valence-corrected chi connectivity index (χ1v) is 9.93. The van der Waals surface area contributed by atoms with Crippen molar-refractivity contribution in [2.75, 3.05) is 31.1 Å². The number of halogens is 4. The molecule has 29 heavy (non-hydrogen) atoms. The zero-order chi connectivity index (χ0) is 21.4. The van der Waals surface area contributed by atoms with E-state index in [9.17, 15) is 35.9 Å². The van der Waals surface area contributed by atoms with Gasteiger partial charge in [-0.05, 0) is 36.4 Å². The molecule has 2 aromatic carbocycles. The lowest BCUT2D eigenvalue weighted by atomic mass is 10.1. The van der Waals surface area contributed by atoms with Crippen LogP contribution in [-0.2, 0) is 9.84 Å². The molecule has 0 unspecified atom stereocenters. The van der Waals surface area contributed by atoms with Gasteiger partial charge >= 0.3 is 5.51 Å². The van der Waals surface area contributed by atoms with Crippen molar-refractivity contribution in [2.24, 2.45) is 0 Å².